The standard InChI is InChI=1S/C11H10N2S/c14-11-12-7-6-10(13-11)8-9-4-2-1-3-5-9/h1-7H,8H2,(H,12,13,14). The Morgan fingerprint density at radius 1 is 1.14 bits per heavy atom. The van der Waals surface area contributed by atoms with Gasteiger partial charge in [0, 0.05) is 18.3 Å². The summed E-state index contributed by atoms with van der Waals surface area (Å²) in [5, 5.41) is 0. The van der Waals surface area contributed by atoms with Gasteiger partial charge in [0.25, 0.3) is 0 Å². The largest absolute Gasteiger partial charge is 0.337 e. The SMILES string of the molecule is S=c1nc(Cc2ccccc2)cc[nH]1. The van der Waals surface area contributed by atoms with Crippen LogP contribution in [0.2, 0.25) is 0 Å². The van der Waals surface area contributed by atoms with Crippen LogP contribution in [0, 0.1) is 4.77 Å². The molecule has 0 saturated heterocycles. The number of H-pyrrole nitrogens is 1. The molecular weight excluding hydrogens is 192 g/mol. The summed E-state index contributed by atoms with van der Waals surface area (Å²) < 4.78 is 0.540. The van der Waals surface area contributed by atoms with Crippen LogP contribution in [0.1, 0.15) is 11.3 Å². The summed E-state index contributed by atoms with van der Waals surface area (Å²) in [5.41, 5.74) is 2.25. The third-order valence-corrected chi connectivity index (χ3v) is 2.16. The predicted molar refractivity (Wildman–Crippen MR) is 58.7 cm³/mol. The second-order valence-corrected chi connectivity index (χ2v) is 3.44. The Kier molecular flexibility index (Phi) is 2.70. The van der Waals surface area contributed by atoms with Gasteiger partial charge in [-0.05, 0) is 23.8 Å². The molecule has 3 heteroatoms. The van der Waals surface area contributed by atoms with Crippen molar-refractivity contribution in [2.24, 2.45) is 0 Å². The van der Waals surface area contributed by atoms with Crippen LogP contribution in [0.3, 0.4) is 0 Å². The predicted octanol–water partition coefficient (Wildman–Crippen LogP) is 2.73. The van der Waals surface area contributed by atoms with Crippen LogP contribution >= 0.6 is 12.2 Å². The molecule has 0 fully saturated rings. The molecule has 2 rings (SSSR count). The van der Waals surface area contributed by atoms with Crippen LogP contribution in [-0.2, 0) is 6.42 Å². The molecular formula is C11H10N2S. The molecule has 0 aliphatic carbocycles. The Morgan fingerprint density at radius 3 is 2.64 bits per heavy atom. The van der Waals surface area contributed by atoms with Crippen LogP contribution in [0.15, 0.2) is 42.6 Å². The van der Waals surface area contributed by atoms with E-state index in [2.05, 4.69) is 22.1 Å². The fraction of sp³-hybridized carbons (Fsp3) is 0.0909. The van der Waals surface area contributed by atoms with E-state index in [0.29, 0.717) is 4.77 Å². The Hall–Kier alpha value is -1.48. The Balaban J connectivity index is 2.24. The summed E-state index contributed by atoms with van der Waals surface area (Å²) in [6.07, 6.45) is 2.66. The van der Waals surface area contributed by atoms with E-state index in [-0.39, 0.29) is 0 Å². The lowest BCUT2D eigenvalue weighted by Crippen LogP contribution is -1.92. The first-order valence-corrected chi connectivity index (χ1v) is 4.84. The van der Waals surface area contributed by atoms with Crippen molar-refractivity contribution in [3.05, 3.63) is 58.6 Å². The van der Waals surface area contributed by atoms with Crippen LogP contribution in [0.25, 0.3) is 0 Å². The smallest absolute Gasteiger partial charge is 0.197 e. The molecule has 1 N–H and O–H groups in total. The minimum atomic E-state index is 0.540. The average molecular weight is 202 g/mol. The highest BCUT2D eigenvalue weighted by molar-refractivity contribution is 7.71. The van der Waals surface area contributed by atoms with E-state index in [1.807, 2.05) is 30.5 Å². The maximum Gasteiger partial charge on any atom is 0.197 e. The molecule has 2 aromatic rings. The highest BCUT2D eigenvalue weighted by Crippen LogP contribution is 2.05. The first-order valence-electron chi connectivity index (χ1n) is 4.43. The van der Waals surface area contributed by atoms with E-state index in [1.165, 1.54) is 5.56 Å². The van der Waals surface area contributed by atoms with Gasteiger partial charge in [0.2, 0.25) is 0 Å². The lowest BCUT2D eigenvalue weighted by molar-refractivity contribution is 1.01. The fourth-order valence-corrected chi connectivity index (χ4v) is 1.50. The van der Waals surface area contributed by atoms with E-state index >= 15 is 0 Å². The maximum absolute atomic E-state index is 4.95. The number of rotatable bonds is 2. The van der Waals surface area contributed by atoms with Crippen LogP contribution < -0.4 is 0 Å². The summed E-state index contributed by atoms with van der Waals surface area (Å²) in [5.74, 6) is 0. The molecule has 2 nitrogen and oxygen atoms in total. The average Bonchev–Trinajstić information content (AvgIpc) is 2.19. The van der Waals surface area contributed by atoms with Gasteiger partial charge in [0.05, 0.1) is 0 Å². The molecule has 1 aromatic carbocycles. The number of nitrogens with zero attached hydrogens (tertiary/aromatic N) is 1. The van der Waals surface area contributed by atoms with Crippen molar-refractivity contribution < 1.29 is 0 Å². The van der Waals surface area contributed by atoms with Crippen LogP contribution in [-0.4, -0.2) is 9.97 Å². The van der Waals surface area contributed by atoms with Gasteiger partial charge in [-0.25, -0.2) is 4.98 Å². The number of aromatic amines is 1. The molecule has 0 radical (unpaired) electrons. The van der Waals surface area contributed by atoms with Gasteiger partial charge in [0.1, 0.15) is 0 Å². The second kappa shape index (κ2) is 4.15. The molecule has 0 spiro atoms. The molecule has 70 valence electrons. The normalized spacial score (nSPS) is 10.0. The minimum absolute atomic E-state index is 0.540. The van der Waals surface area contributed by atoms with Gasteiger partial charge in [-0.15, -0.1) is 0 Å². The van der Waals surface area contributed by atoms with E-state index in [0.717, 1.165) is 12.1 Å². The third-order valence-electron chi connectivity index (χ3n) is 1.96. The zero-order chi connectivity index (χ0) is 9.80. The van der Waals surface area contributed by atoms with Crippen molar-refractivity contribution in [2.75, 3.05) is 0 Å². The molecule has 0 atom stereocenters. The number of benzene rings is 1. The van der Waals surface area contributed by atoms with E-state index in [9.17, 15) is 0 Å². The van der Waals surface area contributed by atoms with Crippen molar-refractivity contribution in [1.29, 1.82) is 0 Å². The lowest BCUT2D eigenvalue weighted by atomic mass is 10.1. The molecule has 0 aliphatic heterocycles. The zero-order valence-corrected chi connectivity index (χ0v) is 8.42. The third kappa shape index (κ3) is 2.26. The minimum Gasteiger partial charge on any atom is -0.337 e. The van der Waals surface area contributed by atoms with Crippen LogP contribution in [0.5, 0.6) is 0 Å². The number of nitrogens with one attached hydrogen (secondary N) is 1. The Morgan fingerprint density at radius 2 is 1.93 bits per heavy atom. The van der Waals surface area contributed by atoms with Crippen molar-refractivity contribution in [3.8, 4) is 0 Å². The quantitative estimate of drug-likeness (QED) is 0.758. The molecule has 0 aliphatic rings. The monoisotopic (exact) mass is 202 g/mol. The number of hydrogen-bond acceptors (Lipinski definition) is 2. The van der Waals surface area contributed by atoms with Gasteiger partial charge < -0.3 is 4.98 Å². The molecule has 0 amide bonds. The Labute approximate surface area is 87.7 Å². The summed E-state index contributed by atoms with van der Waals surface area (Å²) >= 11 is 4.95. The lowest BCUT2D eigenvalue weighted by Gasteiger charge is -1.99. The number of aromatic nitrogens is 2. The zero-order valence-electron chi connectivity index (χ0n) is 7.60. The van der Waals surface area contributed by atoms with Crippen molar-refractivity contribution in [2.45, 2.75) is 6.42 Å². The molecule has 0 bridgehead atoms. The molecule has 14 heavy (non-hydrogen) atoms. The fourth-order valence-electron chi connectivity index (χ4n) is 1.31. The number of hydrogen-bond donors (Lipinski definition) is 1. The summed E-state index contributed by atoms with van der Waals surface area (Å²) in [6, 6.07) is 12.2. The van der Waals surface area contributed by atoms with Crippen molar-refractivity contribution >= 4 is 12.2 Å². The van der Waals surface area contributed by atoms with Crippen LogP contribution in [0.4, 0.5) is 0 Å². The maximum atomic E-state index is 4.95. The second-order valence-electron chi connectivity index (χ2n) is 3.05. The first kappa shape index (κ1) is 9.09. The summed E-state index contributed by atoms with van der Waals surface area (Å²) in [4.78, 5) is 7.09. The van der Waals surface area contributed by atoms with Crippen molar-refractivity contribution in [3.63, 3.8) is 0 Å². The van der Waals surface area contributed by atoms with E-state index < -0.39 is 0 Å². The Bertz CT molecular complexity index is 462. The first-order chi connectivity index (χ1) is 6.84. The topological polar surface area (TPSA) is 28.7 Å². The van der Waals surface area contributed by atoms with Gasteiger partial charge in [0.15, 0.2) is 4.77 Å². The highest BCUT2D eigenvalue weighted by atomic mass is 32.1. The molecule has 1 heterocycles. The van der Waals surface area contributed by atoms with E-state index in [1.54, 1.807) is 0 Å². The van der Waals surface area contributed by atoms with Gasteiger partial charge in [-0.2, -0.15) is 0 Å². The van der Waals surface area contributed by atoms with Gasteiger partial charge in [-0.3, -0.25) is 0 Å². The summed E-state index contributed by atoms with van der Waals surface area (Å²) in [7, 11) is 0. The highest BCUT2D eigenvalue weighted by Gasteiger charge is 1.95. The molecule has 0 saturated carbocycles. The van der Waals surface area contributed by atoms with Crippen molar-refractivity contribution in [1.82, 2.24) is 9.97 Å². The van der Waals surface area contributed by atoms with E-state index in [4.69, 9.17) is 12.2 Å². The molecule has 0 unspecified atom stereocenters. The van der Waals surface area contributed by atoms with Gasteiger partial charge >= 0.3 is 0 Å². The van der Waals surface area contributed by atoms with Gasteiger partial charge in [-0.1, -0.05) is 30.3 Å². The molecule has 1 aromatic heterocycles. The summed E-state index contributed by atoms with van der Waals surface area (Å²) in [6.45, 7) is 0.